The van der Waals surface area contributed by atoms with E-state index in [1.807, 2.05) is 0 Å². The fourth-order valence-electron chi connectivity index (χ4n) is 1.87. The summed E-state index contributed by atoms with van der Waals surface area (Å²) in [5, 5.41) is 0. The molecule has 0 spiro atoms. The van der Waals surface area contributed by atoms with Crippen molar-refractivity contribution in [1.29, 1.82) is 0 Å². The fraction of sp³-hybridized carbons (Fsp3) is 0.400. The molecule has 1 aromatic rings. The molecule has 2 nitrogen and oxygen atoms in total. The molecule has 0 aromatic heterocycles. The highest BCUT2D eigenvalue weighted by Crippen LogP contribution is 2.36. The normalized spacial score (nSPS) is 20.1. The van der Waals surface area contributed by atoms with Gasteiger partial charge in [-0.2, -0.15) is 0 Å². The molecule has 13 heavy (non-hydrogen) atoms. The van der Waals surface area contributed by atoms with Gasteiger partial charge in [0, 0.05) is 12.1 Å². The fourth-order valence-corrected chi connectivity index (χ4v) is 1.87. The molecule has 0 saturated carbocycles. The Hall–Kier alpha value is -1.09. The third-order valence-electron chi connectivity index (χ3n) is 2.53. The van der Waals surface area contributed by atoms with Crippen LogP contribution in [0.1, 0.15) is 23.6 Å². The van der Waals surface area contributed by atoms with Gasteiger partial charge in [0.25, 0.3) is 0 Å². The van der Waals surface area contributed by atoms with Crippen LogP contribution in [0.25, 0.3) is 0 Å². The standard InChI is InChI=1S/C10H12FNO/c1-13-10-5-6(11)4-8-7(10)2-3-9(8)12/h4-5,9H,2-3,12H2,1H3/t9-/m1/s1. The van der Waals surface area contributed by atoms with Gasteiger partial charge in [-0.15, -0.1) is 0 Å². The summed E-state index contributed by atoms with van der Waals surface area (Å²) < 4.78 is 18.1. The molecular weight excluding hydrogens is 169 g/mol. The van der Waals surface area contributed by atoms with Crippen molar-refractivity contribution < 1.29 is 9.13 Å². The minimum atomic E-state index is -0.270. The van der Waals surface area contributed by atoms with Gasteiger partial charge in [-0.3, -0.25) is 0 Å². The summed E-state index contributed by atoms with van der Waals surface area (Å²) in [6, 6.07) is 2.89. The summed E-state index contributed by atoms with van der Waals surface area (Å²) in [7, 11) is 1.55. The Morgan fingerprint density at radius 1 is 1.54 bits per heavy atom. The maximum absolute atomic E-state index is 13.0. The Kier molecular flexibility index (Phi) is 1.96. The molecule has 3 heteroatoms. The Labute approximate surface area is 76.5 Å². The molecule has 2 rings (SSSR count). The topological polar surface area (TPSA) is 35.2 Å². The molecule has 0 fully saturated rings. The number of ether oxygens (including phenoxy) is 1. The van der Waals surface area contributed by atoms with Gasteiger partial charge in [-0.05, 0) is 30.0 Å². The summed E-state index contributed by atoms with van der Waals surface area (Å²) in [6.45, 7) is 0. The highest BCUT2D eigenvalue weighted by atomic mass is 19.1. The van der Waals surface area contributed by atoms with Gasteiger partial charge in [-0.1, -0.05) is 0 Å². The van der Waals surface area contributed by atoms with Crippen LogP contribution in [0.15, 0.2) is 12.1 Å². The lowest BCUT2D eigenvalue weighted by Crippen LogP contribution is -2.05. The van der Waals surface area contributed by atoms with Crippen molar-refractivity contribution in [3.8, 4) is 5.75 Å². The molecule has 0 radical (unpaired) electrons. The van der Waals surface area contributed by atoms with E-state index in [4.69, 9.17) is 10.5 Å². The van der Waals surface area contributed by atoms with Crippen molar-refractivity contribution in [1.82, 2.24) is 0 Å². The van der Waals surface area contributed by atoms with E-state index >= 15 is 0 Å². The third-order valence-corrected chi connectivity index (χ3v) is 2.53. The van der Waals surface area contributed by atoms with Crippen molar-refractivity contribution in [3.05, 3.63) is 29.1 Å². The number of nitrogens with two attached hydrogens (primary N) is 1. The van der Waals surface area contributed by atoms with Crippen LogP contribution in [-0.4, -0.2) is 7.11 Å². The third kappa shape index (κ3) is 1.29. The first kappa shape index (κ1) is 8.51. The number of rotatable bonds is 1. The van der Waals surface area contributed by atoms with Crippen LogP contribution in [-0.2, 0) is 6.42 Å². The molecule has 0 amide bonds. The molecule has 1 aliphatic rings. The summed E-state index contributed by atoms with van der Waals surface area (Å²) in [6.07, 6.45) is 1.77. The lowest BCUT2D eigenvalue weighted by Gasteiger charge is -2.08. The molecule has 0 saturated heterocycles. The summed E-state index contributed by atoms with van der Waals surface area (Å²) >= 11 is 0. The van der Waals surface area contributed by atoms with Gasteiger partial charge in [0.1, 0.15) is 11.6 Å². The summed E-state index contributed by atoms with van der Waals surface area (Å²) in [4.78, 5) is 0. The molecule has 0 unspecified atom stereocenters. The minimum absolute atomic E-state index is 0.0281. The molecule has 1 aliphatic carbocycles. The largest absolute Gasteiger partial charge is 0.496 e. The number of hydrogen-bond donors (Lipinski definition) is 1. The number of benzene rings is 1. The minimum Gasteiger partial charge on any atom is -0.496 e. The van der Waals surface area contributed by atoms with Crippen molar-refractivity contribution in [3.63, 3.8) is 0 Å². The van der Waals surface area contributed by atoms with Crippen LogP contribution >= 0.6 is 0 Å². The van der Waals surface area contributed by atoms with Gasteiger partial charge < -0.3 is 10.5 Å². The number of fused-ring (bicyclic) bond motifs is 1. The first-order valence-corrected chi connectivity index (χ1v) is 4.34. The maximum atomic E-state index is 13.0. The number of hydrogen-bond acceptors (Lipinski definition) is 2. The van der Waals surface area contributed by atoms with E-state index in [1.165, 1.54) is 12.1 Å². The van der Waals surface area contributed by atoms with Gasteiger partial charge in [0.15, 0.2) is 0 Å². The van der Waals surface area contributed by atoms with Crippen LogP contribution in [0.2, 0.25) is 0 Å². The maximum Gasteiger partial charge on any atom is 0.127 e. The van der Waals surface area contributed by atoms with Gasteiger partial charge >= 0.3 is 0 Å². The zero-order valence-corrected chi connectivity index (χ0v) is 7.51. The monoisotopic (exact) mass is 181 g/mol. The average molecular weight is 181 g/mol. The predicted octanol–water partition coefficient (Wildman–Crippen LogP) is 1.78. The Balaban J connectivity index is 2.56. The first-order valence-electron chi connectivity index (χ1n) is 4.34. The Bertz CT molecular complexity index is 338. The quantitative estimate of drug-likeness (QED) is 0.716. The van der Waals surface area contributed by atoms with E-state index in [9.17, 15) is 4.39 Å². The molecule has 2 N–H and O–H groups in total. The van der Waals surface area contributed by atoms with Crippen molar-refractivity contribution in [2.45, 2.75) is 18.9 Å². The highest BCUT2D eigenvalue weighted by Gasteiger charge is 2.23. The molecule has 1 aromatic carbocycles. The van der Waals surface area contributed by atoms with Gasteiger partial charge in [0.2, 0.25) is 0 Å². The lowest BCUT2D eigenvalue weighted by molar-refractivity contribution is 0.407. The molecule has 1 atom stereocenters. The van der Waals surface area contributed by atoms with Crippen molar-refractivity contribution in [2.75, 3.05) is 7.11 Å². The highest BCUT2D eigenvalue weighted by molar-refractivity contribution is 5.45. The SMILES string of the molecule is COc1cc(F)cc2c1CC[C@H]2N. The lowest BCUT2D eigenvalue weighted by atomic mass is 10.1. The average Bonchev–Trinajstić information content (AvgIpc) is 2.47. The number of methoxy groups -OCH3 is 1. The van der Waals surface area contributed by atoms with Crippen molar-refractivity contribution in [2.24, 2.45) is 5.73 Å². The second kappa shape index (κ2) is 3.00. The van der Waals surface area contributed by atoms with Gasteiger partial charge in [0.05, 0.1) is 7.11 Å². The predicted molar refractivity (Wildman–Crippen MR) is 48.2 cm³/mol. The summed E-state index contributed by atoms with van der Waals surface area (Å²) in [5.74, 6) is 0.357. The molecule has 0 heterocycles. The zero-order valence-electron chi connectivity index (χ0n) is 7.51. The van der Waals surface area contributed by atoms with Crippen LogP contribution in [0, 0.1) is 5.82 Å². The second-order valence-corrected chi connectivity index (χ2v) is 3.32. The first-order chi connectivity index (χ1) is 6.22. The van der Waals surface area contributed by atoms with E-state index in [2.05, 4.69) is 0 Å². The molecule has 0 bridgehead atoms. The molecular formula is C10H12FNO. The van der Waals surface area contributed by atoms with E-state index in [0.717, 1.165) is 24.0 Å². The van der Waals surface area contributed by atoms with Gasteiger partial charge in [-0.25, -0.2) is 4.39 Å². The van der Waals surface area contributed by atoms with Crippen molar-refractivity contribution >= 4 is 0 Å². The summed E-state index contributed by atoms with van der Waals surface area (Å²) in [5.41, 5.74) is 7.78. The zero-order chi connectivity index (χ0) is 9.42. The Morgan fingerprint density at radius 2 is 2.31 bits per heavy atom. The van der Waals surface area contributed by atoms with Crippen LogP contribution < -0.4 is 10.5 Å². The van der Waals surface area contributed by atoms with E-state index in [1.54, 1.807) is 7.11 Å². The number of halogens is 1. The van der Waals surface area contributed by atoms with Crippen LogP contribution in [0.5, 0.6) is 5.75 Å². The second-order valence-electron chi connectivity index (χ2n) is 3.32. The van der Waals surface area contributed by atoms with E-state index in [0.29, 0.717) is 5.75 Å². The Morgan fingerprint density at radius 3 is 3.00 bits per heavy atom. The van der Waals surface area contributed by atoms with E-state index < -0.39 is 0 Å². The smallest absolute Gasteiger partial charge is 0.127 e. The van der Waals surface area contributed by atoms with Crippen LogP contribution in [0.4, 0.5) is 4.39 Å². The van der Waals surface area contributed by atoms with Crippen LogP contribution in [0.3, 0.4) is 0 Å². The van der Waals surface area contributed by atoms with E-state index in [-0.39, 0.29) is 11.9 Å². The molecule has 70 valence electrons. The molecule has 0 aliphatic heterocycles.